The minimum Gasteiger partial charge on any atom is -0.457 e. The number of nitrogens with one attached hydrogen (secondary N) is 1. The molecule has 1 fully saturated rings. The van der Waals surface area contributed by atoms with E-state index in [-0.39, 0.29) is 11.3 Å². The van der Waals surface area contributed by atoms with Crippen LogP contribution >= 0.6 is 39.1 Å². The zero-order valence-electron chi connectivity index (χ0n) is 15.0. The van der Waals surface area contributed by atoms with Crippen molar-refractivity contribution in [2.24, 2.45) is 0 Å². The summed E-state index contributed by atoms with van der Waals surface area (Å²) in [4.78, 5) is 38.3. The molecule has 1 aliphatic rings. The van der Waals surface area contributed by atoms with E-state index in [1.807, 2.05) is 0 Å². The number of anilines is 1. The molecular weight excluding hydrogens is 495 g/mol. The third-order valence-electron chi connectivity index (χ3n) is 4.29. The average molecular weight is 506 g/mol. The predicted molar refractivity (Wildman–Crippen MR) is 117 cm³/mol. The Labute approximate surface area is 189 Å². The zero-order chi connectivity index (χ0) is 21.4. The fraction of sp³-hybridized carbons (Fsp3) is 0. The first-order valence-corrected chi connectivity index (χ1v) is 10.1. The molecule has 150 valence electrons. The number of halogens is 3. The summed E-state index contributed by atoms with van der Waals surface area (Å²) in [7, 11) is 0. The highest BCUT2D eigenvalue weighted by Crippen LogP contribution is 2.32. The summed E-state index contributed by atoms with van der Waals surface area (Å²) in [6.07, 6.45) is 1.28. The van der Waals surface area contributed by atoms with Crippen LogP contribution < -0.4 is 10.2 Å². The molecule has 0 aliphatic carbocycles. The van der Waals surface area contributed by atoms with Gasteiger partial charge in [-0.2, -0.15) is 0 Å². The highest BCUT2D eigenvalue weighted by molar-refractivity contribution is 9.10. The summed E-state index contributed by atoms with van der Waals surface area (Å²) in [5.41, 5.74) is 0.653. The van der Waals surface area contributed by atoms with E-state index < -0.39 is 17.8 Å². The van der Waals surface area contributed by atoms with Crippen molar-refractivity contribution < 1.29 is 18.8 Å². The number of furan rings is 1. The van der Waals surface area contributed by atoms with Crippen molar-refractivity contribution in [2.45, 2.75) is 0 Å². The van der Waals surface area contributed by atoms with Crippen LogP contribution in [0, 0.1) is 0 Å². The summed E-state index contributed by atoms with van der Waals surface area (Å²) >= 11 is 15.5. The molecule has 9 heteroatoms. The van der Waals surface area contributed by atoms with Crippen LogP contribution in [0.15, 0.2) is 69.1 Å². The molecule has 0 bridgehead atoms. The first kappa shape index (κ1) is 20.4. The van der Waals surface area contributed by atoms with Crippen LogP contribution in [-0.2, 0) is 9.59 Å². The fourth-order valence-corrected chi connectivity index (χ4v) is 3.53. The Hall–Kier alpha value is -2.87. The standard InChI is InChI=1S/C21H11BrCl2N2O4/c22-11-1-4-13(5-2-11)26-20(28)16(19(27)25-21(26)29)10-14-6-8-18(30-14)15-9-12(23)3-7-17(15)24/h1-10H,(H,25,27,29)/b16-10+. The molecule has 30 heavy (non-hydrogen) atoms. The molecule has 0 radical (unpaired) electrons. The highest BCUT2D eigenvalue weighted by atomic mass is 79.9. The van der Waals surface area contributed by atoms with Gasteiger partial charge in [-0.15, -0.1) is 0 Å². The van der Waals surface area contributed by atoms with Crippen molar-refractivity contribution in [1.82, 2.24) is 5.32 Å². The number of hydrogen-bond acceptors (Lipinski definition) is 4. The second-order valence-electron chi connectivity index (χ2n) is 6.26. The number of hydrogen-bond donors (Lipinski definition) is 1. The molecule has 2 heterocycles. The van der Waals surface area contributed by atoms with Crippen LogP contribution in [0.1, 0.15) is 5.76 Å². The second kappa shape index (κ2) is 8.10. The van der Waals surface area contributed by atoms with Crippen LogP contribution in [0.2, 0.25) is 10.0 Å². The van der Waals surface area contributed by atoms with Crippen molar-refractivity contribution in [2.75, 3.05) is 4.90 Å². The Bertz CT molecular complexity index is 1220. The number of barbiturate groups is 1. The lowest BCUT2D eigenvalue weighted by atomic mass is 10.1. The lowest BCUT2D eigenvalue weighted by Gasteiger charge is -2.26. The van der Waals surface area contributed by atoms with Crippen LogP contribution in [0.25, 0.3) is 17.4 Å². The van der Waals surface area contributed by atoms with Gasteiger partial charge >= 0.3 is 6.03 Å². The van der Waals surface area contributed by atoms with E-state index in [1.165, 1.54) is 6.08 Å². The fourth-order valence-electron chi connectivity index (χ4n) is 2.89. The summed E-state index contributed by atoms with van der Waals surface area (Å²) < 4.78 is 6.51. The molecule has 1 aromatic heterocycles. The van der Waals surface area contributed by atoms with Gasteiger partial charge in [0.15, 0.2) is 0 Å². The lowest BCUT2D eigenvalue weighted by Crippen LogP contribution is -2.54. The molecule has 0 spiro atoms. The predicted octanol–water partition coefficient (Wildman–Crippen LogP) is 5.68. The quantitative estimate of drug-likeness (QED) is 0.366. The monoisotopic (exact) mass is 504 g/mol. The normalized spacial score (nSPS) is 15.6. The topological polar surface area (TPSA) is 79.6 Å². The maximum absolute atomic E-state index is 12.9. The molecule has 0 atom stereocenters. The van der Waals surface area contributed by atoms with Gasteiger partial charge in [-0.1, -0.05) is 39.1 Å². The number of amides is 4. The van der Waals surface area contributed by atoms with Crippen LogP contribution in [0.4, 0.5) is 10.5 Å². The molecule has 2 aromatic carbocycles. The summed E-state index contributed by atoms with van der Waals surface area (Å²) in [6.45, 7) is 0. The third-order valence-corrected chi connectivity index (χ3v) is 5.39. The Kier molecular flexibility index (Phi) is 5.51. The third kappa shape index (κ3) is 3.92. The van der Waals surface area contributed by atoms with Crippen LogP contribution in [0.5, 0.6) is 0 Å². The molecule has 4 amide bonds. The van der Waals surface area contributed by atoms with Crippen LogP contribution in [0.3, 0.4) is 0 Å². The lowest BCUT2D eigenvalue weighted by molar-refractivity contribution is -0.122. The molecule has 1 aliphatic heterocycles. The SMILES string of the molecule is O=C1NC(=O)N(c2ccc(Br)cc2)C(=O)/C1=C/c1ccc(-c2cc(Cl)ccc2Cl)o1. The van der Waals surface area contributed by atoms with Gasteiger partial charge < -0.3 is 4.42 Å². The highest BCUT2D eigenvalue weighted by Gasteiger charge is 2.37. The van der Waals surface area contributed by atoms with Gasteiger partial charge in [0.25, 0.3) is 11.8 Å². The minimum absolute atomic E-state index is 0.240. The molecule has 0 saturated carbocycles. The molecular formula is C21H11BrCl2N2O4. The summed E-state index contributed by atoms with van der Waals surface area (Å²) in [5.74, 6) is -0.912. The first-order valence-electron chi connectivity index (χ1n) is 8.56. The number of carbonyl (C=O) groups excluding carboxylic acids is 3. The maximum Gasteiger partial charge on any atom is 0.335 e. The van der Waals surface area contributed by atoms with E-state index in [0.717, 1.165) is 9.37 Å². The molecule has 3 aromatic rings. The van der Waals surface area contributed by atoms with Crippen molar-refractivity contribution in [3.05, 3.63) is 80.4 Å². The molecule has 0 unspecified atom stereocenters. The zero-order valence-corrected chi connectivity index (χ0v) is 18.1. The molecule has 1 saturated heterocycles. The number of rotatable bonds is 3. The van der Waals surface area contributed by atoms with Gasteiger partial charge in [-0.05, 0) is 60.7 Å². The van der Waals surface area contributed by atoms with E-state index in [9.17, 15) is 14.4 Å². The van der Waals surface area contributed by atoms with E-state index >= 15 is 0 Å². The van der Waals surface area contributed by atoms with Crippen molar-refractivity contribution in [1.29, 1.82) is 0 Å². The first-order chi connectivity index (χ1) is 14.3. The van der Waals surface area contributed by atoms with Gasteiger partial charge in [0.2, 0.25) is 0 Å². The van der Waals surface area contributed by atoms with Crippen LogP contribution in [-0.4, -0.2) is 17.8 Å². The van der Waals surface area contributed by atoms with Gasteiger partial charge in [0.1, 0.15) is 17.1 Å². The number of carbonyl (C=O) groups is 3. The Morgan fingerprint density at radius 1 is 0.967 bits per heavy atom. The molecule has 6 nitrogen and oxygen atoms in total. The van der Waals surface area contributed by atoms with Gasteiger partial charge in [-0.25, -0.2) is 9.69 Å². The smallest absolute Gasteiger partial charge is 0.335 e. The maximum atomic E-state index is 12.9. The molecule has 1 N–H and O–H groups in total. The number of nitrogens with zero attached hydrogens (tertiary/aromatic N) is 1. The van der Waals surface area contributed by atoms with E-state index in [2.05, 4.69) is 21.2 Å². The Balaban J connectivity index is 1.69. The largest absolute Gasteiger partial charge is 0.457 e. The second-order valence-corrected chi connectivity index (χ2v) is 8.02. The van der Waals surface area contributed by atoms with Crippen molar-refractivity contribution in [3.8, 4) is 11.3 Å². The van der Waals surface area contributed by atoms with Gasteiger partial charge in [0, 0.05) is 15.1 Å². The van der Waals surface area contributed by atoms with Crippen molar-refractivity contribution in [3.63, 3.8) is 0 Å². The van der Waals surface area contributed by atoms with Crippen molar-refractivity contribution >= 4 is 68.7 Å². The van der Waals surface area contributed by atoms with E-state index in [1.54, 1.807) is 54.6 Å². The average Bonchev–Trinajstić information content (AvgIpc) is 3.17. The number of urea groups is 1. The van der Waals surface area contributed by atoms with Gasteiger partial charge in [0.05, 0.1) is 10.7 Å². The van der Waals surface area contributed by atoms with E-state index in [0.29, 0.717) is 27.1 Å². The molecule has 4 rings (SSSR count). The Morgan fingerprint density at radius 3 is 2.43 bits per heavy atom. The minimum atomic E-state index is -0.824. The van der Waals surface area contributed by atoms with E-state index in [4.69, 9.17) is 27.6 Å². The summed E-state index contributed by atoms with van der Waals surface area (Å²) in [5, 5.41) is 3.08. The number of imide groups is 2. The Morgan fingerprint density at radius 2 is 1.70 bits per heavy atom. The summed E-state index contributed by atoms with van der Waals surface area (Å²) in [6, 6.07) is 13.9. The number of benzene rings is 2. The van der Waals surface area contributed by atoms with Gasteiger partial charge in [-0.3, -0.25) is 14.9 Å².